The molecule has 0 bridgehead atoms. The summed E-state index contributed by atoms with van der Waals surface area (Å²) in [5.41, 5.74) is -0.0795. The van der Waals surface area contributed by atoms with Crippen LogP contribution in [0.2, 0.25) is 0 Å². The van der Waals surface area contributed by atoms with Crippen molar-refractivity contribution in [3.8, 4) is 0 Å². The van der Waals surface area contributed by atoms with Crippen LogP contribution in [0.3, 0.4) is 0 Å². The molecule has 0 spiro atoms. The highest BCUT2D eigenvalue weighted by atomic mass is 19.3. The molecular formula is C14H28F2N2. The van der Waals surface area contributed by atoms with Crippen LogP contribution >= 0.6 is 0 Å². The molecule has 2 nitrogen and oxygen atoms in total. The number of hydrogen-bond donors (Lipinski definition) is 1. The number of alkyl halides is 2. The Morgan fingerprint density at radius 2 is 1.89 bits per heavy atom. The molecule has 1 aliphatic rings. The first-order chi connectivity index (χ1) is 8.43. The van der Waals surface area contributed by atoms with Crippen LogP contribution in [0.25, 0.3) is 0 Å². The summed E-state index contributed by atoms with van der Waals surface area (Å²) in [5, 5.41) is 3.56. The van der Waals surface area contributed by atoms with Crippen molar-refractivity contribution in [3.63, 3.8) is 0 Å². The third kappa shape index (κ3) is 3.89. The van der Waals surface area contributed by atoms with E-state index in [1.807, 2.05) is 4.90 Å². The molecule has 1 N–H and O–H groups in total. The van der Waals surface area contributed by atoms with Crippen molar-refractivity contribution in [2.45, 2.75) is 65.0 Å². The summed E-state index contributed by atoms with van der Waals surface area (Å²) in [6.07, 6.45) is 0.679. The molecule has 1 heterocycles. The summed E-state index contributed by atoms with van der Waals surface area (Å²) in [4.78, 5) is 2.03. The summed E-state index contributed by atoms with van der Waals surface area (Å²) in [5.74, 6) is 0.603. The number of hydrogen-bond acceptors (Lipinski definition) is 2. The fraction of sp³-hybridized carbons (Fsp3) is 1.00. The van der Waals surface area contributed by atoms with E-state index in [-0.39, 0.29) is 12.1 Å². The van der Waals surface area contributed by atoms with E-state index in [1.54, 1.807) is 0 Å². The quantitative estimate of drug-likeness (QED) is 0.791. The second kappa shape index (κ2) is 6.80. The molecule has 1 atom stereocenters. The number of nitrogens with zero attached hydrogens (tertiary/aromatic N) is 1. The number of piperazine rings is 1. The number of rotatable bonds is 6. The van der Waals surface area contributed by atoms with Crippen molar-refractivity contribution in [1.82, 2.24) is 10.2 Å². The topological polar surface area (TPSA) is 15.3 Å². The second-order valence-electron chi connectivity index (χ2n) is 5.93. The Hall–Kier alpha value is -0.220. The van der Waals surface area contributed by atoms with Crippen molar-refractivity contribution < 1.29 is 8.78 Å². The van der Waals surface area contributed by atoms with Crippen LogP contribution in [0.5, 0.6) is 0 Å². The van der Waals surface area contributed by atoms with E-state index in [2.05, 4.69) is 33.0 Å². The van der Waals surface area contributed by atoms with Crippen molar-refractivity contribution in [1.29, 1.82) is 0 Å². The SMILES string of the molecule is CCC1(CC)CNC(CC(C)C)CN1CC(F)F. The molecule has 108 valence electrons. The first-order valence-corrected chi connectivity index (χ1v) is 7.20. The summed E-state index contributed by atoms with van der Waals surface area (Å²) >= 11 is 0. The normalized spacial score (nSPS) is 25.0. The first kappa shape index (κ1) is 15.8. The molecule has 1 rings (SSSR count). The first-order valence-electron chi connectivity index (χ1n) is 7.20. The minimum absolute atomic E-state index is 0.0795. The Balaban J connectivity index is 2.72. The van der Waals surface area contributed by atoms with Crippen LogP contribution in [-0.2, 0) is 0 Å². The smallest absolute Gasteiger partial charge is 0.251 e. The summed E-state index contributed by atoms with van der Waals surface area (Å²) in [6, 6.07) is 0.356. The fourth-order valence-corrected chi connectivity index (χ4v) is 3.08. The average molecular weight is 262 g/mol. The van der Waals surface area contributed by atoms with Gasteiger partial charge in [-0.1, -0.05) is 27.7 Å². The summed E-state index contributed by atoms with van der Waals surface area (Å²) in [7, 11) is 0. The zero-order chi connectivity index (χ0) is 13.8. The predicted molar refractivity (Wildman–Crippen MR) is 72.1 cm³/mol. The van der Waals surface area contributed by atoms with Crippen LogP contribution in [0.4, 0.5) is 8.78 Å². The molecule has 1 saturated heterocycles. The molecule has 0 saturated carbocycles. The molecule has 0 amide bonds. The van der Waals surface area contributed by atoms with Crippen LogP contribution < -0.4 is 5.32 Å². The van der Waals surface area contributed by atoms with E-state index in [1.165, 1.54) is 0 Å². The van der Waals surface area contributed by atoms with Gasteiger partial charge in [-0.3, -0.25) is 4.90 Å². The Kier molecular flexibility index (Phi) is 5.99. The zero-order valence-electron chi connectivity index (χ0n) is 12.2. The Bertz CT molecular complexity index is 240. The summed E-state index contributed by atoms with van der Waals surface area (Å²) < 4.78 is 25.5. The van der Waals surface area contributed by atoms with Crippen molar-refractivity contribution in [2.75, 3.05) is 19.6 Å². The van der Waals surface area contributed by atoms with Crippen LogP contribution in [0.15, 0.2) is 0 Å². The number of nitrogens with one attached hydrogen (secondary N) is 1. The minimum atomic E-state index is -2.24. The van der Waals surface area contributed by atoms with Gasteiger partial charge in [0.2, 0.25) is 0 Å². The van der Waals surface area contributed by atoms with E-state index in [4.69, 9.17) is 0 Å². The Morgan fingerprint density at radius 1 is 1.28 bits per heavy atom. The van der Waals surface area contributed by atoms with Crippen LogP contribution in [-0.4, -0.2) is 42.5 Å². The molecular weight excluding hydrogens is 234 g/mol. The van der Waals surface area contributed by atoms with Gasteiger partial charge in [0.15, 0.2) is 0 Å². The predicted octanol–water partition coefficient (Wildman–Crippen LogP) is 3.13. The van der Waals surface area contributed by atoms with Gasteiger partial charge in [-0.2, -0.15) is 0 Å². The molecule has 0 radical (unpaired) electrons. The van der Waals surface area contributed by atoms with Gasteiger partial charge in [0.1, 0.15) is 0 Å². The Morgan fingerprint density at radius 3 is 2.33 bits per heavy atom. The van der Waals surface area contributed by atoms with E-state index >= 15 is 0 Å². The van der Waals surface area contributed by atoms with Crippen LogP contribution in [0, 0.1) is 5.92 Å². The maximum Gasteiger partial charge on any atom is 0.251 e. The lowest BCUT2D eigenvalue weighted by molar-refractivity contribution is -0.0170. The molecule has 0 aromatic heterocycles. The van der Waals surface area contributed by atoms with Gasteiger partial charge < -0.3 is 5.32 Å². The molecule has 1 aliphatic heterocycles. The monoisotopic (exact) mass is 262 g/mol. The van der Waals surface area contributed by atoms with E-state index in [9.17, 15) is 8.78 Å². The second-order valence-corrected chi connectivity index (χ2v) is 5.93. The van der Waals surface area contributed by atoms with E-state index < -0.39 is 6.43 Å². The molecule has 4 heteroatoms. The highest BCUT2D eigenvalue weighted by molar-refractivity contribution is 4.97. The van der Waals surface area contributed by atoms with E-state index in [0.717, 1.165) is 32.4 Å². The standard InChI is InChI=1S/C14H28F2N2/c1-5-14(6-2)10-17-12(7-11(3)4)8-18(14)9-13(15)16/h11-13,17H,5-10H2,1-4H3. The largest absolute Gasteiger partial charge is 0.311 e. The van der Waals surface area contributed by atoms with Crippen molar-refractivity contribution in [2.24, 2.45) is 5.92 Å². The van der Waals surface area contributed by atoms with Crippen LogP contribution in [0.1, 0.15) is 47.0 Å². The maximum atomic E-state index is 12.8. The highest BCUT2D eigenvalue weighted by Gasteiger charge is 2.39. The van der Waals surface area contributed by atoms with Gasteiger partial charge >= 0.3 is 0 Å². The van der Waals surface area contributed by atoms with E-state index in [0.29, 0.717) is 12.0 Å². The third-order valence-electron chi connectivity index (χ3n) is 4.26. The lowest BCUT2D eigenvalue weighted by Gasteiger charge is -2.50. The Labute approximate surface area is 110 Å². The fourth-order valence-electron chi connectivity index (χ4n) is 3.08. The van der Waals surface area contributed by atoms with Crippen molar-refractivity contribution in [3.05, 3.63) is 0 Å². The molecule has 0 aromatic carbocycles. The van der Waals surface area contributed by atoms with Gasteiger partial charge in [0.25, 0.3) is 6.43 Å². The van der Waals surface area contributed by atoms with Gasteiger partial charge in [-0.15, -0.1) is 0 Å². The maximum absolute atomic E-state index is 12.8. The van der Waals surface area contributed by atoms with Gasteiger partial charge in [0.05, 0.1) is 6.54 Å². The van der Waals surface area contributed by atoms with Gasteiger partial charge in [-0.05, 0) is 25.2 Å². The number of halogens is 2. The third-order valence-corrected chi connectivity index (χ3v) is 4.26. The molecule has 18 heavy (non-hydrogen) atoms. The molecule has 1 unspecified atom stereocenters. The van der Waals surface area contributed by atoms with Gasteiger partial charge in [0, 0.05) is 24.7 Å². The lowest BCUT2D eigenvalue weighted by Crippen LogP contribution is -2.65. The molecule has 0 aromatic rings. The molecule has 1 fully saturated rings. The highest BCUT2D eigenvalue weighted by Crippen LogP contribution is 2.28. The molecule has 0 aliphatic carbocycles. The van der Waals surface area contributed by atoms with Crippen molar-refractivity contribution >= 4 is 0 Å². The average Bonchev–Trinajstić information content (AvgIpc) is 2.29. The minimum Gasteiger partial charge on any atom is -0.311 e. The lowest BCUT2D eigenvalue weighted by atomic mass is 9.86. The van der Waals surface area contributed by atoms with Gasteiger partial charge in [-0.25, -0.2) is 8.78 Å². The zero-order valence-corrected chi connectivity index (χ0v) is 12.2. The summed E-state index contributed by atoms with van der Waals surface area (Å²) in [6.45, 7) is 10.1.